The maximum absolute atomic E-state index is 13.0. The Morgan fingerprint density at radius 1 is 0.303 bits per heavy atom. The molecule has 0 saturated heterocycles. The van der Waals surface area contributed by atoms with Crippen molar-refractivity contribution in [1.29, 1.82) is 0 Å². The monoisotopic (exact) mass is 1310 g/mol. The Balaban J connectivity index is 5.26. The molecule has 0 aliphatic carbocycles. The van der Waals surface area contributed by atoms with E-state index in [0.717, 1.165) is 108 Å². The Hall–Kier alpha value is -1.94. The molecule has 0 aromatic rings. The van der Waals surface area contributed by atoms with E-state index in [0.29, 0.717) is 25.7 Å². The van der Waals surface area contributed by atoms with Crippen molar-refractivity contribution in [3.05, 3.63) is 0 Å². The molecule has 0 spiro atoms. The molecule has 5 atom stereocenters. The predicted molar refractivity (Wildman–Crippen MR) is 358 cm³/mol. The van der Waals surface area contributed by atoms with Gasteiger partial charge in [-0.2, -0.15) is 0 Å². The summed E-state index contributed by atoms with van der Waals surface area (Å²) in [4.78, 5) is 72.5. The molecule has 3 N–H and O–H groups in total. The molecule has 0 aromatic heterocycles. The van der Waals surface area contributed by atoms with Gasteiger partial charge >= 0.3 is 39.5 Å². The van der Waals surface area contributed by atoms with Crippen LogP contribution in [0.25, 0.3) is 0 Å². The van der Waals surface area contributed by atoms with Crippen molar-refractivity contribution in [3.63, 3.8) is 0 Å². The van der Waals surface area contributed by atoms with Crippen molar-refractivity contribution in [2.75, 3.05) is 39.6 Å². The van der Waals surface area contributed by atoms with E-state index in [1.807, 2.05) is 0 Å². The van der Waals surface area contributed by atoms with Gasteiger partial charge in [0.1, 0.15) is 19.3 Å². The Bertz CT molecular complexity index is 1750. The maximum Gasteiger partial charge on any atom is 0.472 e. The lowest BCUT2D eigenvalue weighted by Gasteiger charge is -2.21. The summed E-state index contributed by atoms with van der Waals surface area (Å²) in [6.45, 7) is 11.8. The van der Waals surface area contributed by atoms with Crippen LogP contribution >= 0.6 is 15.6 Å². The molecule has 0 heterocycles. The molecule has 0 fully saturated rings. The number of hydrogen-bond acceptors (Lipinski definition) is 15. The molecule has 0 rings (SSSR count). The minimum absolute atomic E-state index is 0.105. The molecule has 0 radical (unpaired) electrons. The number of carbonyl (C=O) groups excluding carboxylic acids is 4. The van der Waals surface area contributed by atoms with Gasteiger partial charge in [0.15, 0.2) is 12.2 Å². The Morgan fingerprint density at radius 2 is 0.517 bits per heavy atom. The fourth-order valence-corrected chi connectivity index (χ4v) is 12.1. The molecule has 0 aromatic carbocycles. The van der Waals surface area contributed by atoms with Gasteiger partial charge in [-0.25, -0.2) is 9.13 Å². The van der Waals surface area contributed by atoms with Gasteiger partial charge in [0.25, 0.3) is 0 Å². The van der Waals surface area contributed by atoms with Crippen LogP contribution in [0.1, 0.15) is 350 Å². The molecule has 528 valence electrons. The molecule has 0 amide bonds. The first-order valence-corrected chi connectivity index (χ1v) is 39.3. The van der Waals surface area contributed by atoms with Crippen LogP contribution in [0, 0.1) is 17.8 Å². The lowest BCUT2D eigenvalue weighted by atomic mass is 10.0. The van der Waals surface area contributed by atoms with Gasteiger partial charge in [-0.1, -0.05) is 299 Å². The number of unbranched alkanes of at least 4 members (excludes halogenated alkanes) is 36. The number of aliphatic hydroxyl groups excluding tert-OH is 1. The first-order chi connectivity index (χ1) is 42.7. The van der Waals surface area contributed by atoms with Crippen LogP contribution in [0.5, 0.6) is 0 Å². The third-order valence-corrected chi connectivity index (χ3v) is 18.0. The molecular formula is C70H136O17P2. The maximum atomic E-state index is 13.0. The highest BCUT2D eigenvalue weighted by Crippen LogP contribution is 2.45. The quantitative estimate of drug-likeness (QED) is 0.0222. The van der Waals surface area contributed by atoms with Crippen LogP contribution in [0.3, 0.4) is 0 Å². The summed E-state index contributed by atoms with van der Waals surface area (Å²) in [7, 11) is -9.90. The van der Waals surface area contributed by atoms with Crippen LogP contribution in [-0.2, 0) is 65.4 Å². The molecule has 89 heavy (non-hydrogen) atoms. The number of aliphatic hydroxyl groups is 1. The van der Waals surface area contributed by atoms with E-state index in [4.69, 9.17) is 37.0 Å². The SMILES string of the molecule is CCCCCCCCCCCCCC(=O)OC[C@H](COP(=O)(O)OC[C@H](O)COP(=O)(O)OC[C@@H](COC(=O)CCCCCCCCCCCC(C)C)OC(=O)CCCCCCCCCCCCCC(C)C)OC(=O)CCCCCCCCCCCC(C)C. The Labute approximate surface area is 543 Å². The summed E-state index contributed by atoms with van der Waals surface area (Å²) in [5, 5.41) is 10.6. The fraction of sp³-hybridized carbons (Fsp3) is 0.943. The highest BCUT2D eigenvalue weighted by Gasteiger charge is 2.30. The first kappa shape index (κ1) is 87.1. The van der Waals surface area contributed by atoms with Crippen molar-refractivity contribution in [1.82, 2.24) is 0 Å². The van der Waals surface area contributed by atoms with Crippen LogP contribution in [0.15, 0.2) is 0 Å². The van der Waals surface area contributed by atoms with E-state index in [1.165, 1.54) is 161 Å². The topological polar surface area (TPSA) is 237 Å². The molecule has 2 unspecified atom stereocenters. The lowest BCUT2D eigenvalue weighted by Crippen LogP contribution is -2.30. The standard InChI is InChI=1S/C70H136O17P2/c1-8-9-10-11-12-13-15-23-30-37-44-51-67(72)80-57-66(87-70(75)54-47-40-33-26-19-22-29-36-43-50-63(6)7)60-85-89(78,79)83-56-64(71)55-82-88(76,77)84-59-65(58-81-68(73)52-45-38-31-25-18-21-28-35-42-49-62(4)5)86-69(74)53-46-39-32-24-17-14-16-20-27-34-41-48-61(2)3/h61-66,71H,8-60H2,1-7H3,(H,76,77)(H,78,79)/t64-,65-,66-/m1/s1. The summed E-state index contributed by atoms with van der Waals surface area (Å²) in [6.07, 6.45) is 44.3. The highest BCUT2D eigenvalue weighted by molar-refractivity contribution is 7.47. The minimum atomic E-state index is -4.95. The van der Waals surface area contributed by atoms with Gasteiger partial charge in [0, 0.05) is 25.7 Å². The molecule has 0 saturated carbocycles. The predicted octanol–water partition coefficient (Wildman–Crippen LogP) is 19.8. The van der Waals surface area contributed by atoms with Gasteiger partial charge in [0.2, 0.25) is 0 Å². The number of rotatable bonds is 68. The number of esters is 4. The lowest BCUT2D eigenvalue weighted by molar-refractivity contribution is -0.161. The summed E-state index contributed by atoms with van der Waals surface area (Å²) in [6, 6.07) is 0. The average Bonchev–Trinajstić information content (AvgIpc) is 3.70. The van der Waals surface area contributed by atoms with Crippen molar-refractivity contribution < 1.29 is 80.2 Å². The van der Waals surface area contributed by atoms with Gasteiger partial charge in [0.05, 0.1) is 26.4 Å². The third-order valence-electron chi connectivity index (χ3n) is 16.1. The highest BCUT2D eigenvalue weighted by atomic mass is 31.2. The van der Waals surface area contributed by atoms with Crippen LogP contribution < -0.4 is 0 Å². The van der Waals surface area contributed by atoms with Crippen molar-refractivity contribution in [2.45, 2.75) is 369 Å². The number of ether oxygens (including phenoxy) is 4. The molecule has 0 aliphatic heterocycles. The van der Waals surface area contributed by atoms with E-state index < -0.39 is 97.5 Å². The number of phosphoric acid groups is 2. The van der Waals surface area contributed by atoms with Gasteiger partial charge in [-0.15, -0.1) is 0 Å². The summed E-state index contributed by atoms with van der Waals surface area (Å²) >= 11 is 0. The van der Waals surface area contributed by atoms with Crippen molar-refractivity contribution >= 4 is 39.5 Å². The molecule has 0 bridgehead atoms. The Morgan fingerprint density at radius 3 is 0.764 bits per heavy atom. The zero-order chi connectivity index (χ0) is 65.9. The van der Waals surface area contributed by atoms with E-state index >= 15 is 0 Å². The molecule has 17 nitrogen and oxygen atoms in total. The molecule has 0 aliphatic rings. The molecule has 19 heteroatoms. The summed E-state index contributed by atoms with van der Waals surface area (Å²) in [5.41, 5.74) is 0. The van der Waals surface area contributed by atoms with E-state index in [1.54, 1.807) is 0 Å². The molecular weight excluding hydrogens is 1170 g/mol. The van der Waals surface area contributed by atoms with Gasteiger partial charge in [-0.3, -0.25) is 37.3 Å². The van der Waals surface area contributed by atoms with E-state index in [2.05, 4.69) is 48.5 Å². The number of phosphoric ester groups is 2. The van der Waals surface area contributed by atoms with Crippen molar-refractivity contribution in [3.8, 4) is 0 Å². The largest absolute Gasteiger partial charge is 0.472 e. The van der Waals surface area contributed by atoms with E-state index in [-0.39, 0.29) is 25.7 Å². The smallest absolute Gasteiger partial charge is 0.462 e. The zero-order valence-electron chi connectivity index (χ0n) is 57.9. The van der Waals surface area contributed by atoms with E-state index in [9.17, 15) is 43.2 Å². The van der Waals surface area contributed by atoms with Crippen LogP contribution in [0.4, 0.5) is 0 Å². The second-order valence-corrected chi connectivity index (χ2v) is 29.6. The average molecular weight is 1310 g/mol. The number of carbonyl (C=O) groups is 4. The first-order valence-electron chi connectivity index (χ1n) is 36.3. The zero-order valence-corrected chi connectivity index (χ0v) is 59.7. The summed E-state index contributed by atoms with van der Waals surface area (Å²) < 4.78 is 68.3. The van der Waals surface area contributed by atoms with Gasteiger partial charge in [-0.05, 0) is 43.4 Å². The summed E-state index contributed by atoms with van der Waals surface area (Å²) in [5.74, 6) is 0.120. The second kappa shape index (κ2) is 61.0. The van der Waals surface area contributed by atoms with Crippen molar-refractivity contribution in [2.24, 2.45) is 17.8 Å². The Kier molecular flexibility index (Phi) is 59.6. The number of hydrogen-bond donors (Lipinski definition) is 3. The van der Waals surface area contributed by atoms with Crippen LogP contribution in [-0.4, -0.2) is 96.7 Å². The van der Waals surface area contributed by atoms with Crippen LogP contribution in [0.2, 0.25) is 0 Å². The fourth-order valence-electron chi connectivity index (χ4n) is 10.5. The second-order valence-electron chi connectivity index (χ2n) is 26.7. The minimum Gasteiger partial charge on any atom is -0.462 e. The van der Waals surface area contributed by atoms with Gasteiger partial charge < -0.3 is 33.8 Å². The third kappa shape index (κ3) is 64.6. The normalized spacial score (nSPS) is 14.2.